The third-order valence-corrected chi connectivity index (χ3v) is 4.10. The number of piperidine rings is 1. The normalized spacial score (nSPS) is 17.5. The van der Waals surface area contributed by atoms with Crippen molar-refractivity contribution in [2.24, 2.45) is 7.05 Å². The molecular weight excluding hydrogens is 310 g/mol. The first-order valence-corrected chi connectivity index (χ1v) is 7.92. The number of hydrogen-bond acceptors (Lipinski definition) is 5. The zero-order valence-corrected chi connectivity index (χ0v) is 13.8. The monoisotopic (exact) mass is 331 g/mol. The SMILES string of the molecule is COc1c(OC2CCCNC2)cccc1-c1cc(C(=O)O)nn1C. The van der Waals surface area contributed by atoms with E-state index in [1.165, 1.54) is 10.7 Å². The summed E-state index contributed by atoms with van der Waals surface area (Å²) in [6.07, 6.45) is 2.18. The lowest BCUT2D eigenvalue weighted by molar-refractivity contribution is 0.0689. The van der Waals surface area contributed by atoms with Gasteiger partial charge < -0.3 is 19.9 Å². The molecule has 1 aliphatic rings. The largest absolute Gasteiger partial charge is 0.492 e. The summed E-state index contributed by atoms with van der Waals surface area (Å²) in [5, 5.41) is 16.5. The van der Waals surface area contributed by atoms with Crippen LogP contribution in [-0.4, -0.2) is 47.2 Å². The van der Waals surface area contributed by atoms with Crippen LogP contribution in [0.15, 0.2) is 24.3 Å². The Kier molecular flexibility index (Phi) is 4.71. The molecule has 1 aliphatic heterocycles. The van der Waals surface area contributed by atoms with E-state index in [-0.39, 0.29) is 11.8 Å². The van der Waals surface area contributed by atoms with Crippen molar-refractivity contribution < 1.29 is 19.4 Å². The summed E-state index contributed by atoms with van der Waals surface area (Å²) in [7, 11) is 3.29. The van der Waals surface area contributed by atoms with Gasteiger partial charge in [-0.05, 0) is 37.6 Å². The summed E-state index contributed by atoms with van der Waals surface area (Å²) in [5.74, 6) is 0.182. The molecule has 0 saturated carbocycles. The fourth-order valence-electron chi connectivity index (χ4n) is 2.94. The number of aromatic nitrogens is 2. The molecule has 1 unspecified atom stereocenters. The van der Waals surface area contributed by atoms with Crippen molar-refractivity contribution in [2.75, 3.05) is 20.2 Å². The molecule has 24 heavy (non-hydrogen) atoms. The van der Waals surface area contributed by atoms with Crippen molar-refractivity contribution in [1.82, 2.24) is 15.1 Å². The van der Waals surface area contributed by atoms with Crippen LogP contribution in [0.1, 0.15) is 23.3 Å². The lowest BCUT2D eigenvalue weighted by Gasteiger charge is -2.25. The molecule has 0 aliphatic carbocycles. The molecule has 2 aromatic rings. The smallest absolute Gasteiger partial charge is 0.356 e. The third-order valence-electron chi connectivity index (χ3n) is 4.10. The Morgan fingerprint density at radius 3 is 2.92 bits per heavy atom. The van der Waals surface area contributed by atoms with Gasteiger partial charge in [-0.15, -0.1) is 0 Å². The minimum Gasteiger partial charge on any atom is -0.492 e. The molecule has 1 saturated heterocycles. The van der Waals surface area contributed by atoms with Crippen LogP contribution in [0.25, 0.3) is 11.3 Å². The highest BCUT2D eigenvalue weighted by Crippen LogP contribution is 2.38. The van der Waals surface area contributed by atoms with Crippen molar-refractivity contribution in [3.8, 4) is 22.8 Å². The quantitative estimate of drug-likeness (QED) is 0.871. The predicted octanol–water partition coefficient (Wildman–Crippen LogP) is 1.92. The van der Waals surface area contributed by atoms with Crippen LogP contribution in [0.2, 0.25) is 0 Å². The lowest BCUT2D eigenvalue weighted by atomic mass is 10.1. The van der Waals surface area contributed by atoms with E-state index in [0.29, 0.717) is 17.2 Å². The molecule has 3 rings (SSSR count). The Morgan fingerprint density at radius 1 is 1.46 bits per heavy atom. The number of benzene rings is 1. The zero-order chi connectivity index (χ0) is 17.1. The number of hydrogen-bond donors (Lipinski definition) is 2. The Balaban J connectivity index is 1.96. The van der Waals surface area contributed by atoms with Crippen LogP contribution in [-0.2, 0) is 7.05 Å². The van der Waals surface area contributed by atoms with Gasteiger partial charge in [0.15, 0.2) is 17.2 Å². The molecule has 1 fully saturated rings. The van der Waals surface area contributed by atoms with E-state index < -0.39 is 5.97 Å². The Hall–Kier alpha value is -2.54. The average Bonchev–Trinajstić information content (AvgIpc) is 2.97. The number of rotatable bonds is 5. The first-order valence-electron chi connectivity index (χ1n) is 7.92. The first kappa shape index (κ1) is 16.3. The van der Waals surface area contributed by atoms with E-state index in [9.17, 15) is 4.79 Å². The highest BCUT2D eigenvalue weighted by molar-refractivity contribution is 5.87. The maximum atomic E-state index is 11.1. The minimum absolute atomic E-state index is 0.00245. The second-order valence-corrected chi connectivity index (χ2v) is 5.77. The highest BCUT2D eigenvalue weighted by atomic mass is 16.5. The number of carboxylic acids is 1. The first-order chi connectivity index (χ1) is 11.6. The maximum Gasteiger partial charge on any atom is 0.356 e. The van der Waals surface area contributed by atoms with Gasteiger partial charge >= 0.3 is 5.97 Å². The molecule has 0 amide bonds. The van der Waals surface area contributed by atoms with Gasteiger partial charge in [-0.25, -0.2) is 4.79 Å². The number of para-hydroxylation sites is 1. The van der Waals surface area contributed by atoms with E-state index in [0.717, 1.165) is 31.5 Å². The molecular formula is C17H21N3O4. The van der Waals surface area contributed by atoms with Gasteiger partial charge in [0.1, 0.15) is 6.10 Å². The number of carbonyl (C=O) groups is 1. The summed E-state index contributed by atoms with van der Waals surface area (Å²) in [4.78, 5) is 11.1. The van der Waals surface area contributed by atoms with Crippen molar-refractivity contribution in [3.05, 3.63) is 30.0 Å². The van der Waals surface area contributed by atoms with Crippen LogP contribution in [0.5, 0.6) is 11.5 Å². The molecule has 0 radical (unpaired) electrons. The number of nitrogens with zero attached hydrogens (tertiary/aromatic N) is 2. The van der Waals surface area contributed by atoms with E-state index in [1.54, 1.807) is 14.2 Å². The highest BCUT2D eigenvalue weighted by Gasteiger charge is 2.21. The van der Waals surface area contributed by atoms with Crippen molar-refractivity contribution >= 4 is 5.97 Å². The van der Waals surface area contributed by atoms with Gasteiger partial charge in [0, 0.05) is 19.2 Å². The Labute approximate surface area is 140 Å². The van der Waals surface area contributed by atoms with Crippen LogP contribution >= 0.6 is 0 Å². The average molecular weight is 331 g/mol. The van der Waals surface area contributed by atoms with Gasteiger partial charge in [0.2, 0.25) is 0 Å². The number of nitrogens with one attached hydrogen (secondary N) is 1. The molecule has 1 aromatic heterocycles. The van der Waals surface area contributed by atoms with Gasteiger partial charge in [-0.3, -0.25) is 4.68 Å². The van der Waals surface area contributed by atoms with Gasteiger partial charge in [0.25, 0.3) is 0 Å². The fourth-order valence-corrected chi connectivity index (χ4v) is 2.94. The Bertz CT molecular complexity index is 735. The number of aromatic carboxylic acids is 1. The molecule has 7 heteroatoms. The van der Waals surface area contributed by atoms with E-state index in [2.05, 4.69) is 10.4 Å². The second-order valence-electron chi connectivity index (χ2n) is 5.77. The minimum atomic E-state index is -1.06. The van der Waals surface area contributed by atoms with Gasteiger partial charge in [0.05, 0.1) is 12.8 Å². The Morgan fingerprint density at radius 2 is 2.29 bits per heavy atom. The number of aryl methyl sites for hydroxylation is 1. The molecule has 7 nitrogen and oxygen atoms in total. The summed E-state index contributed by atoms with van der Waals surface area (Å²) in [6.45, 7) is 1.83. The van der Waals surface area contributed by atoms with Crippen LogP contribution in [0, 0.1) is 0 Å². The number of ether oxygens (including phenoxy) is 2. The topological polar surface area (TPSA) is 85.6 Å². The summed E-state index contributed by atoms with van der Waals surface area (Å²) < 4.78 is 13.2. The number of carboxylic acid groups (broad SMARTS) is 1. The van der Waals surface area contributed by atoms with Crippen molar-refractivity contribution in [2.45, 2.75) is 18.9 Å². The van der Waals surface area contributed by atoms with Gasteiger partial charge in [-0.2, -0.15) is 5.10 Å². The van der Waals surface area contributed by atoms with Crippen molar-refractivity contribution in [3.63, 3.8) is 0 Å². The molecule has 0 spiro atoms. The predicted molar refractivity (Wildman–Crippen MR) is 88.7 cm³/mol. The van der Waals surface area contributed by atoms with Crippen LogP contribution < -0.4 is 14.8 Å². The summed E-state index contributed by atoms with van der Waals surface area (Å²) >= 11 is 0. The summed E-state index contributed by atoms with van der Waals surface area (Å²) in [5.41, 5.74) is 1.41. The fraction of sp³-hybridized carbons (Fsp3) is 0.412. The number of methoxy groups -OCH3 is 1. The van der Waals surface area contributed by atoms with E-state index in [4.69, 9.17) is 14.6 Å². The van der Waals surface area contributed by atoms with E-state index in [1.807, 2.05) is 18.2 Å². The molecule has 1 aromatic carbocycles. The molecule has 0 bridgehead atoms. The standard InChI is InChI=1S/C17H21N3O4/c1-20-14(9-13(19-20)17(21)22)12-6-3-7-15(16(12)23-2)24-11-5-4-8-18-10-11/h3,6-7,9,11,18H,4-5,8,10H2,1-2H3,(H,21,22). The second kappa shape index (κ2) is 6.92. The maximum absolute atomic E-state index is 11.1. The van der Waals surface area contributed by atoms with Crippen molar-refractivity contribution in [1.29, 1.82) is 0 Å². The third kappa shape index (κ3) is 3.21. The van der Waals surface area contributed by atoms with Gasteiger partial charge in [-0.1, -0.05) is 6.07 Å². The molecule has 2 heterocycles. The summed E-state index contributed by atoms with van der Waals surface area (Å²) in [6, 6.07) is 7.14. The van der Waals surface area contributed by atoms with Crippen LogP contribution in [0.3, 0.4) is 0 Å². The lowest BCUT2D eigenvalue weighted by Crippen LogP contribution is -2.37. The van der Waals surface area contributed by atoms with Crippen LogP contribution in [0.4, 0.5) is 0 Å². The zero-order valence-electron chi connectivity index (χ0n) is 13.8. The van der Waals surface area contributed by atoms with E-state index >= 15 is 0 Å². The molecule has 128 valence electrons. The molecule has 1 atom stereocenters. The molecule has 2 N–H and O–H groups in total.